The van der Waals surface area contributed by atoms with Gasteiger partial charge in [-0.1, -0.05) is 52.7 Å². The minimum absolute atomic E-state index is 0.157. The number of anilines is 3. The summed E-state index contributed by atoms with van der Waals surface area (Å²) >= 11 is 0. The lowest BCUT2D eigenvalue weighted by atomic mass is 9.87. The Kier molecular flexibility index (Phi) is 5.90. The van der Waals surface area contributed by atoms with Crippen LogP contribution in [0.2, 0.25) is 0 Å². The first-order valence-corrected chi connectivity index (χ1v) is 8.30. The van der Waals surface area contributed by atoms with Gasteiger partial charge in [-0.2, -0.15) is 10.1 Å². The maximum atomic E-state index is 4.44. The molecule has 0 unspecified atom stereocenters. The molecule has 5 heteroatoms. The van der Waals surface area contributed by atoms with Gasteiger partial charge in [0.25, 0.3) is 0 Å². The molecular weight excluding hydrogens is 286 g/mol. The van der Waals surface area contributed by atoms with Crippen LogP contribution in [0, 0.1) is 0 Å². The smallest absolute Gasteiger partial charge is 0.244 e. The number of benzene rings is 1. The first-order chi connectivity index (χ1) is 11.0. The molecule has 2 N–H and O–H groups in total. The second-order valence-electron chi connectivity index (χ2n) is 6.75. The monoisotopic (exact) mass is 313 g/mol. The summed E-state index contributed by atoms with van der Waals surface area (Å²) in [5.41, 5.74) is 2.46. The largest absolute Gasteiger partial charge is 0.353 e. The van der Waals surface area contributed by atoms with Crippen molar-refractivity contribution in [2.75, 3.05) is 17.2 Å². The number of rotatable bonds is 7. The maximum Gasteiger partial charge on any atom is 0.244 e. The van der Waals surface area contributed by atoms with Crippen molar-refractivity contribution < 1.29 is 0 Å². The van der Waals surface area contributed by atoms with E-state index in [9.17, 15) is 0 Å². The van der Waals surface area contributed by atoms with Crippen molar-refractivity contribution in [3.63, 3.8) is 0 Å². The number of nitrogens with zero attached hydrogens (tertiary/aromatic N) is 3. The van der Waals surface area contributed by atoms with E-state index >= 15 is 0 Å². The average molecular weight is 313 g/mol. The molecule has 1 aromatic carbocycles. The van der Waals surface area contributed by atoms with E-state index in [1.54, 1.807) is 6.20 Å². The van der Waals surface area contributed by atoms with Crippen LogP contribution in [0.4, 0.5) is 17.5 Å². The fraction of sp³-hybridized carbons (Fsp3) is 0.500. The first-order valence-electron chi connectivity index (χ1n) is 8.30. The van der Waals surface area contributed by atoms with Gasteiger partial charge in [-0.05, 0) is 29.5 Å². The summed E-state index contributed by atoms with van der Waals surface area (Å²) in [5, 5.41) is 14.5. The quantitative estimate of drug-likeness (QED) is 0.736. The SMILES string of the molecule is CCCCCNc1nncc(Nc2ccc(C(C)(C)C)cc2)n1. The lowest BCUT2D eigenvalue weighted by Gasteiger charge is -2.19. The predicted molar refractivity (Wildman–Crippen MR) is 96.3 cm³/mol. The van der Waals surface area contributed by atoms with Crippen LogP contribution in [0.1, 0.15) is 52.5 Å². The van der Waals surface area contributed by atoms with Gasteiger partial charge >= 0.3 is 0 Å². The molecule has 0 saturated heterocycles. The highest BCUT2D eigenvalue weighted by Crippen LogP contribution is 2.24. The summed E-state index contributed by atoms with van der Waals surface area (Å²) in [4.78, 5) is 4.44. The van der Waals surface area contributed by atoms with E-state index in [2.05, 4.69) is 77.8 Å². The molecule has 0 aliphatic rings. The lowest BCUT2D eigenvalue weighted by molar-refractivity contribution is 0.590. The van der Waals surface area contributed by atoms with Crippen LogP contribution >= 0.6 is 0 Å². The van der Waals surface area contributed by atoms with Crippen molar-refractivity contribution in [2.45, 2.75) is 52.4 Å². The number of aromatic nitrogens is 3. The molecule has 0 aliphatic heterocycles. The molecule has 2 rings (SSSR count). The van der Waals surface area contributed by atoms with Crippen molar-refractivity contribution >= 4 is 17.5 Å². The summed E-state index contributed by atoms with van der Waals surface area (Å²) in [6, 6.07) is 8.41. The molecule has 0 radical (unpaired) electrons. The Hall–Kier alpha value is -2.17. The molecule has 0 spiro atoms. The molecule has 0 saturated carbocycles. The number of hydrogen-bond donors (Lipinski definition) is 2. The van der Waals surface area contributed by atoms with Gasteiger partial charge in [-0.3, -0.25) is 0 Å². The minimum atomic E-state index is 0.157. The molecule has 0 amide bonds. The topological polar surface area (TPSA) is 62.7 Å². The third kappa shape index (κ3) is 5.51. The zero-order chi connectivity index (χ0) is 16.7. The molecule has 0 atom stereocenters. The summed E-state index contributed by atoms with van der Waals surface area (Å²) < 4.78 is 0. The normalized spacial score (nSPS) is 11.3. The second-order valence-corrected chi connectivity index (χ2v) is 6.75. The van der Waals surface area contributed by atoms with Crippen molar-refractivity contribution in [2.24, 2.45) is 0 Å². The Labute approximate surface area is 139 Å². The first kappa shape index (κ1) is 17.2. The molecule has 124 valence electrons. The number of unbranched alkanes of at least 4 members (excludes halogenated alkanes) is 2. The van der Waals surface area contributed by atoms with Crippen molar-refractivity contribution in [3.8, 4) is 0 Å². The van der Waals surface area contributed by atoms with Crippen molar-refractivity contribution in [1.82, 2.24) is 15.2 Å². The van der Waals surface area contributed by atoms with Gasteiger partial charge in [0.1, 0.15) is 0 Å². The van der Waals surface area contributed by atoms with Crippen molar-refractivity contribution in [1.29, 1.82) is 0 Å². The Morgan fingerprint density at radius 1 is 1.04 bits per heavy atom. The third-order valence-electron chi connectivity index (χ3n) is 3.65. The molecule has 23 heavy (non-hydrogen) atoms. The van der Waals surface area contributed by atoms with Gasteiger partial charge in [-0.25, -0.2) is 0 Å². The summed E-state index contributed by atoms with van der Waals surface area (Å²) in [5.74, 6) is 1.26. The Bertz CT molecular complexity index is 602. The van der Waals surface area contributed by atoms with E-state index in [1.807, 2.05) is 0 Å². The Morgan fingerprint density at radius 2 is 1.78 bits per heavy atom. The zero-order valence-corrected chi connectivity index (χ0v) is 14.6. The maximum absolute atomic E-state index is 4.44. The third-order valence-corrected chi connectivity index (χ3v) is 3.65. The average Bonchev–Trinajstić information content (AvgIpc) is 2.52. The van der Waals surface area contributed by atoms with Crippen LogP contribution in [0.15, 0.2) is 30.5 Å². The van der Waals surface area contributed by atoms with Crippen LogP contribution in [0.5, 0.6) is 0 Å². The predicted octanol–water partition coefficient (Wildman–Crippen LogP) is 4.51. The second kappa shape index (κ2) is 7.90. The van der Waals surface area contributed by atoms with Crippen LogP contribution < -0.4 is 10.6 Å². The Morgan fingerprint density at radius 3 is 2.43 bits per heavy atom. The van der Waals surface area contributed by atoms with Gasteiger partial charge in [0, 0.05) is 12.2 Å². The minimum Gasteiger partial charge on any atom is -0.353 e. The summed E-state index contributed by atoms with van der Waals surface area (Å²) in [6.45, 7) is 9.69. The molecule has 2 aromatic rings. The highest BCUT2D eigenvalue weighted by atomic mass is 15.3. The molecule has 1 heterocycles. The van der Waals surface area contributed by atoms with Gasteiger partial charge < -0.3 is 10.6 Å². The Balaban J connectivity index is 1.97. The standard InChI is InChI=1S/C18H27N5/c1-5-6-7-12-19-17-22-16(13-20-23-17)21-15-10-8-14(9-11-15)18(2,3)4/h8-11,13H,5-7,12H2,1-4H3,(H2,19,21,22,23). The summed E-state index contributed by atoms with van der Waals surface area (Å²) in [6.07, 6.45) is 5.16. The van der Waals surface area contributed by atoms with Crippen LogP contribution in [-0.4, -0.2) is 21.7 Å². The van der Waals surface area contributed by atoms with Gasteiger partial charge in [0.05, 0.1) is 6.20 Å². The van der Waals surface area contributed by atoms with E-state index in [1.165, 1.54) is 18.4 Å². The molecule has 1 aromatic heterocycles. The fourth-order valence-electron chi connectivity index (χ4n) is 2.22. The van der Waals surface area contributed by atoms with E-state index < -0.39 is 0 Å². The van der Waals surface area contributed by atoms with Gasteiger partial charge in [0.2, 0.25) is 5.95 Å². The zero-order valence-electron chi connectivity index (χ0n) is 14.6. The molecule has 5 nitrogen and oxygen atoms in total. The number of nitrogens with one attached hydrogen (secondary N) is 2. The molecular formula is C18H27N5. The molecule has 0 fully saturated rings. The van der Waals surface area contributed by atoms with E-state index in [0.717, 1.165) is 18.7 Å². The molecule has 0 bridgehead atoms. The van der Waals surface area contributed by atoms with Gasteiger partial charge in [-0.15, -0.1) is 5.10 Å². The van der Waals surface area contributed by atoms with E-state index in [-0.39, 0.29) is 5.41 Å². The van der Waals surface area contributed by atoms with Gasteiger partial charge in [0.15, 0.2) is 5.82 Å². The summed E-state index contributed by atoms with van der Waals surface area (Å²) in [7, 11) is 0. The number of hydrogen-bond acceptors (Lipinski definition) is 5. The fourth-order valence-corrected chi connectivity index (χ4v) is 2.22. The van der Waals surface area contributed by atoms with Crippen molar-refractivity contribution in [3.05, 3.63) is 36.0 Å². The van der Waals surface area contributed by atoms with Crippen LogP contribution in [0.25, 0.3) is 0 Å². The van der Waals surface area contributed by atoms with Crippen LogP contribution in [-0.2, 0) is 5.41 Å². The van der Waals surface area contributed by atoms with Crippen LogP contribution in [0.3, 0.4) is 0 Å². The lowest BCUT2D eigenvalue weighted by Crippen LogP contribution is -2.10. The highest BCUT2D eigenvalue weighted by molar-refractivity contribution is 5.56. The molecule has 0 aliphatic carbocycles. The van der Waals surface area contributed by atoms with E-state index in [4.69, 9.17) is 0 Å². The highest BCUT2D eigenvalue weighted by Gasteiger charge is 2.12. The van der Waals surface area contributed by atoms with E-state index in [0.29, 0.717) is 11.8 Å².